The first-order valence-electron chi connectivity index (χ1n) is 5.28. The van der Waals surface area contributed by atoms with Crippen molar-refractivity contribution >= 4 is 37.7 Å². The average Bonchev–Trinajstić information content (AvgIpc) is 2.83. The molecule has 0 radical (unpaired) electrons. The first-order chi connectivity index (χ1) is 9.31. The molecular formula is C11H9BrN2O5S. The Bertz CT molecular complexity index is 755. The second-order valence-electron chi connectivity index (χ2n) is 3.88. The van der Waals surface area contributed by atoms with Gasteiger partial charge >= 0.3 is 5.97 Å². The van der Waals surface area contributed by atoms with Gasteiger partial charge in [0.15, 0.2) is 5.82 Å². The smallest absolute Gasteiger partial charge is 0.335 e. The molecular weight excluding hydrogens is 352 g/mol. The number of rotatable bonds is 4. The second-order valence-corrected chi connectivity index (χ2v) is 6.38. The molecule has 0 aliphatic carbocycles. The Labute approximate surface area is 122 Å². The van der Waals surface area contributed by atoms with Gasteiger partial charge in [0, 0.05) is 10.5 Å². The van der Waals surface area contributed by atoms with Crippen LogP contribution < -0.4 is 4.72 Å². The molecule has 2 rings (SSSR count). The van der Waals surface area contributed by atoms with Crippen LogP contribution in [0.25, 0.3) is 0 Å². The summed E-state index contributed by atoms with van der Waals surface area (Å²) in [6, 6.07) is 3.76. The molecule has 0 bridgehead atoms. The lowest BCUT2D eigenvalue weighted by Crippen LogP contribution is -2.15. The van der Waals surface area contributed by atoms with Crippen LogP contribution in [0.1, 0.15) is 15.9 Å². The Morgan fingerprint density at radius 1 is 1.45 bits per heavy atom. The fourth-order valence-corrected chi connectivity index (χ4v) is 3.39. The number of hydrogen-bond acceptors (Lipinski definition) is 5. The van der Waals surface area contributed by atoms with Gasteiger partial charge in [0.25, 0.3) is 10.0 Å². The summed E-state index contributed by atoms with van der Waals surface area (Å²) < 4.78 is 31.6. The zero-order chi connectivity index (χ0) is 14.9. The lowest BCUT2D eigenvalue weighted by atomic mass is 10.1. The van der Waals surface area contributed by atoms with Gasteiger partial charge in [-0.2, -0.15) is 0 Å². The standard InChI is InChI=1S/C11H9BrN2O5S/c1-6-8(12)4-7(11(15)16)5-9(6)20(17,18)14-10-2-3-19-13-10/h2-5H,1H3,(H,13,14)(H,15,16). The van der Waals surface area contributed by atoms with Crippen LogP contribution >= 0.6 is 15.9 Å². The van der Waals surface area contributed by atoms with Crippen molar-refractivity contribution in [2.24, 2.45) is 0 Å². The minimum absolute atomic E-state index is 0.0150. The highest BCUT2D eigenvalue weighted by molar-refractivity contribution is 9.10. The largest absolute Gasteiger partial charge is 0.478 e. The van der Waals surface area contributed by atoms with Gasteiger partial charge in [0.2, 0.25) is 0 Å². The summed E-state index contributed by atoms with van der Waals surface area (Å²) in [5.74, 6) is -1.20. The fourth-order valence-electron chi connectivity index (χ4n) is 1.51. The van der Waals surface area contributed by atoms with Gasteiger partial charge in [-0.3, -0.25) is 4.72 Å². The molecule has 0 fully saturated rings. The molecule has 2 N–H and O–H groups in total. The van der Waals surface area contributed by atoms with Crippen molar-refractivity contribution in [2.75, 3.05) is 4.72 Å². The van der Waals surface area contributed by atoms with Crippen LogP contribution in [0.2, 0.25) is 0 Å². The fraction of sp³-hybridized carbons (Fsp3) is 0.0909. The van der Waals surface area contributed by atoms with Crippen molar-refractivity contribution in [3.05, 3.63) is 40.1 Å². The van der Waals surface area contributed by atoms with Gasteiger partial charge in [0.05, 0.1) is 10.5 Å². The van der Waals surface area contributed by atoms with Crippen LogP contribution in [-0.4, -0.2) is 24.7 Å². The first-order valence-corrected chi connectivity index (χ1v) is 7.55. The lowest BCUT2D eigenvalue weighted by molar-refractivity contribution is 0.0696. The summed E-state index contributed by atoms with van der Waals surface area (Å²) in [5, 5.41) is 12.4. The SMILES string of the molecule is Cc1c(Br)cc(C(=O)O)cc1S(=O)(=O)Nc1ccon1. The summed E-state index contributed by atoms with van der Waals surface area (Å²) in [7, 11) is -3.96. The zero-order valence-electron chi connectivity index (χ0n) is 10.1. The van der Waals surface area contributed by atoms with E-state index in [0.717, 1.165) is 6.07 Å². The van der Waals surface area contributed by atoms with E-state index in [1.807, 2.05) is 0 Å². The van der Waals surface area contributed by atoms with Crippen molar-refractivity contribution < 1.29 is 22.8 Å². The maximum atomic E-state index is 12.2. The molecule has 1 aromatic carbocycles. The molecule has 0 saturated carbocycles. The maximum Gasteiger partial charge on any atom is 0.335 e. The van der Waals surface area contributed by atoms with Crippen molar-refractivity contribution in [2.45, 2.75) is 11.8 Å². The van der Waals surface area contributed by atoms with Gasteiger partial charge in [-0.15, -0.1) is 0 Å². The van der Waals surface area contributed by atoms with Gasteiger partial charge in [-0.25, -0.2) is 13.2 Å². The number of anilines is 1. The van der Waals surface area contributed by atoms with Crippen LogP contribution in [0.3, 0.4) is 0 Å². The number of carboxylic acid groups (broad SMARTS) is 1. The van der Waals surface area contributed by atoms with Crippen molar-refractivity contribution in [1.29, 1.82) is 0 Å². The number of nitrogens with one attached hydrogen (secondary N) is 1. The normalized spacial score (nSPS) is 11.3. The Balaban J connectivity index is 2.53. The molecule has 0 unspecified atom stereocenters. The van der Waals surface area contributed by atoms with E-state index in [9.17, 15) is 13.2 Å². The lowest BCUT2D eigenvalue weighted by Gasteiger charge is -2.10. The molecule has 106 valence electrons. The maximum absolute atomic E-state index is 12.2. The van der Waals surface area contributed by atoms with E-state index in [2.05, 4.69) is 30.3 Å². The quantitative estimate of drug-likeness (QED) is 0.864. The van der Waals surface area contributed by atoms with Gasteiger partial charge in [-0.05, 0) is 24.6 Å². The summed E-state index contributed by atoms with van der Waals surface area (Å²) in [6.45, 7) is 1.56. The van der Waals surface area contributed by atoms with Crippen LogP contribution in [0.5, 0.6) is 0 Å². The second kappa shape index (κ2) is 5.25. The minimum atomic E-state index is -3.96. The molecule has 7 nitrogen and oxygen atoms in total. The third kappa shape index (κ3) is 2.83. The molecule has 20 heavy (non-hydrogen) atoms. The number of aromatic nitrogens is 1. The number of benzene rings is 1. The van der Waals surface area contributed by atoms with Crippen molar-refractivity contribution in [1.82, 2.24) is 5.16 Å². The Kier molecular flexibility index (Phi) is 3.82. The van der Waals surface area contributed by atoms with E-state index < -0.39 is 16.0 Å². The molecule has 0 amide bonds. The number of sulfonamides is 1. The third-order valence-electron chi connectivity index (χ3n) is 2.51. The van der Waals surface area contributed by atoms with Gasteiger partial charge in [-0.1, -0.05) is 21.1 Å². The number of carboxylic acids is 1. The number of hydrogen-bond donors (Lipinski definition) is 2. The number of carbonyl (C=O) groups is 1. The van der Waals surface area contributed by atoms with Crippen LogP contribution in [-0.2, 0) is 10.0 Å². The highest BCUT2D eigenvalue weighted by Gasteiger charge is 2.22. The van der Waals surface area contributed by atoms with Crippen molar-refractivity contribution in [3.63, 3.8) is 0 Å². The van der Waals surface area contributed by atoms with Gasteiger partial charge < -0.3 is 9.63 Å². The van der Waals surface area contributed by atoms with Crippen molar-refractivity contribution in [3.8, 4) is 0 Å². The topological polar surface area (TPSA) is 110 Å². The van der Waals surface area contributed by atoms with E-state index >= 15 is 0 Å². The average molecular weight is 361 g/mol. The van der Waals surface area contributed by atoms with Crippen LogP contribution in [0.15, 0.2) is 38.4 Å². The molecule has 9 heteroatoms. The number of aromatic carboxylic acids is 1. The molecule has 0 saturated heterocycles. The molecule has 2 aromatic rings. The van der Waals surface area contributed by atoms with E-state index in [0.29, 0.717) is 10.0 Å². The molecule has 0 aliphatic rings. The van der Waals surface area contributed by atoms with Gasteiger partial charge in [0.1, 0.15) is 6.26 Å². The minimum Gasteiger partial charge on any atom is -0.478 e. The molecule has 0 spiro atoms. The van der Waals surface area contributed by atoms with E-state index in [1.165, 1.54) is 18.4 Å². The zero-order valence-corrected chi connectivity index (χ0v) is 12.5. The Morgan fingerprint density at radius 3 is 2.70 bits per heavy atom. The predicted molar refractivity (Wildman–Crippen MR) is 73.1 cm³/mol. The monoisotopic (exact) mass is 360 g/mol. The Morgan fingerprint density at radius 2 is 2.15 bits per heavy atom. The van der Waals surface area contributed by atoms with E-state index in [-0.39, 0.29) is 16.3 Å². The number of nitrogens with zero attached hydrogens (tertiary/aromatic N) is 1. The molecule has 0 aliphatic heterocycles. The summed E-state index contributed by atoms with van der Waals surface area (Å²) >= 11 is 3.15. The molecule has 1 heterocycles. The highest BCUT2D eigenvalue weighted by atomic mass is 79.9. The molecule has 1 aromatic heterocycles. The van der Waals surface area contributed by atoms with Crippen LogP contribution in [0, 0.1) is 6.92 Å². The molecule has 0 atom stereocenters. The summed E-state index contributed by atoms with van der Waals surface area (Å²) in [5.41, 5.74) is 0.258. The Hall–Kier alpha value is -1.87. The van der Waals surface area contributed by atoms with E-state index in [4.69, 9.17) is 5.11 Å². The van der Waals surface area contributed by atoms with Crippen LogP contribution in [0.4, 0.5) is 5.82 Å². The third-order valence-corrected chi connectivity index (χ3v) is 4.81. The number of halogens is 1. The van der Waals surface area contributed by atoms with E-state index in [1.54, 1.807) is 6.92 Å². The predicted octanol–water partition coefficient (Wildman–Crippen LogP) is 2.24. The summed E-state index contributed by atoms with van der Waals surface area (Å²) in [6.07, 6.45) is 1.22. The first kappa shape index (κ1) is 14.5. The summed E-state index contributed by atoms with van der Waals surface area (Å²) in [4.78, 5) is 10.9. The highest BCUT2D eigenvalue weighted by Crippen LogP contribution is 2.27.